The zero-order chi connectivity index (χ0) is 15.5. The molecule has 0 amide bonds. The summed E-state index contributed by atoms with van der Waals surface area (Å²) >= 11 is 0. The highest BCUT2D eigenvalue weighted by molar-refractivity contribution is 5.35. The van der Waals surface area contributed by atoms with E-state index in [9.17, 15) is 4.79 Å². The minimum absolute atomic E-state index is 0.108. The molecule has 114 valence electrons. The van der Waals surface area contributed by atoms with E-state index in [2.05, 4.69) is 41.2 Å². The van der Waals surface area contributed by atoms with Gasteiger partial charge in [-0.25, -0.2) is 4.79 Å². The third kappa shape index (κ3) is 2.94. The second-order valence-electron chi connectivity index (χ2n) is 5.54. The SMILES string of the molecule is CCc1ccc(CN(C)Cn2nc3ccccn3c2=O)cc1. The maximum Gasteiger partial charge on any atom is 0.351 e. The molecule has 3 aromatic rings. The summed E-state index contributed by atoms with van der Waals surface area (Å²) in [6.07, 6.45) is 2.79. The van der Waals surface area contributed by atoms with Crippen LogP contribution in [0.2, 0.25) is 0 Å². The number of pyridine rings is 1. The molecule has 0 spiro atoms. The molecule has 5 heteroatoms. The molecule has 0 bridgehead atoms. The summed E-state index contributed by atoms with van der Waals surface area (Å²) in [4.78, 5) is 14.3. The first kappa shape index (κ1) is 14.5. The number of fused-ring (bicyclic) bond motifs is 1. The van der Waals surface area contributed by atoms with Gasteiger partial charge in [-0.15, -0.1) is 5.10 Å². The van der Waals surface area contributed by atoms with Gasteiger partial charge < -0.3 is 0 Å². The molecular weight excluding hydrogens is 276 g/mol. The highest BCUT2D eigenvalue weighted by Gasteiger charge is 2.08. The molecule has 2 aromatic heterocycles. The second-order valence-corrected chi connectivity index (χ2v) is 5.54. The van der Waals surface area contributed by atoms with Gasteiger partial charge in [0.15, 0.2) is 5.65 Å². The first-order valence-electron chi connectivity index (χ1n) is 7.48. The lowest BCUT2D eigenvalue weighted by atomic mass is 10.1. The van der Waals surface area contributed by atoms with Crippen molar-refractivity contribution in [2.75, 3.05) is 7.05 Å². The van der Waals surface area contributed by atoms with Gasteiger partial charge in [-0.1, -0.05) is 37.3 Å². The van der Waals surface area contributed by atoms with Crippen LogP contribution in [0.4, 0.5) is 0 Å². The molecule has 0 saturated carbocycles. The van der Waals surface area contributed by atoms with Crippen LogP contribution in [0.25, 0.3) is 5.65 Å². The molecule has 1 aromatic carbocycles. The van der Waals surface area contributed by atoms with Crippen molar-refractivity contribution in [3.63, 3.8) is 0 Å². The number of hydrogen-bond acceptors (Lipinski definition) is 3. The Balaban J connectivity index is 1.73. The molecule has 0 unspecified atom stereocenters. The Hall–Kier alpha value is -2.40. The Morgan fingerprint density at radius 3 is 2.50 bits per heavy atom. The molecule has 0 aliphatic rings. The lowest BCUT2D eigenvalue weighted by Gasteiger charge is -2.16. The van der Waals surface area contributed by atoms with Crippen LogP contribution in [0.1, 0.15) is 18.1 Å². The zero-order valence-electron chi connectivity index (χ0n) is 12.9. The summed E-state index contributed by atoms with van der Waals surface area (Å²) in [5, 5.41) is 4.35. The second kappa shape index (κ2) is 6.15. The van der Waals surface area contributed by atoms with Crippen molar-refractivity contribution in [1.82, 2.24) is 19.1 Å². The fourth-order valence-electron chi connectivity index (χ4n) is 2.53. The lowest BCUT2D eigenvalue weighted by Crippen LogP contribution is -2.30. The Kier molecular flexibility index (Phi) is 4.06. The van der Waals surface area contributed by atoms with Gasteiger partial charge in [0.05, 0.1) is 6.67 Å². The average Bonchev–Trinajstić information content (AvgIpc) is 2.84. The Morgan fingerprint density at radius 2 is 1.82 bits per heavy atom. The number of aromatic nitrogens is 3. The lowest BCUT2D eigenvalue weighted by molar-refractivity contribution is 0.242. The van der Waals surface area contributed by atoms with Gasteiger partial charge >= 0.3 is 5.69 Å². The van der Waals surface area contributed by atoms with Gasteiger partial charge in [0.1, 0.15) is 0 Å². The molecule has 2 heterocycles. The summed E-state index contributed by atoms with van der Waals surface area (Å²) in [5.74, 6) is 0. The third-order valence-electron chi connectivity index (χ3n) is 3.75. The Labute approximate surface area is 129 Å². The van der Waals surface area contributed by atoms with E-state index in [1.54, 1.807) is 10.6 Å². The molecule has 22 heavy (non-hydrogen) atoms. The first-order chi connectivity index (χ1) is 10.7. The normalized spacial score (nSPS) is 11.4. The standard InChI is InChI=1S/C17H20N4O/c1-3-14-7-9-15(10-8-14)12-19(2)13-21-17(22)20-11-5-4-6-16(20)18-21/h4-11H,3,12-13H2,1-2H3. The van der Waals surface area contributed by atoms with Crippen molar-refractivity contribution >= 4 is 5.65 Å². The minimum atomic E-state index is -0.108. The van der Waals surface area contributed by atoms with E-state index in [1.165, 1.54) is 15.8 Å². The average molecular weight is 296 g/mol. The van der Waals surface area contributed by atoms with Gasteiger partial charge in [0.2, 0.25) is 0 Å². The summed E-state index contributed by atoms with van der Waals surface area (Å²) < 4.78 is 3.06. The molecular formula is C17H20N4O. The fraction of sp³-hybridized carbons (Fsp3) is 0.294. The maximum absolute atomic E-state index is 12.2. The van der Waals surface area contributed by atoms with E-state index >= 15 is 0 Å². The number of aryl methyl sites for hydroxylation is 1. The summed E-state index contributed by atoms with van der Waals surface area (Å²) in [6, 6.07) is 14.1. The Morgan fingerprint density at radius 1 is 1.09 bits per heavy atom. The van der Waals surface area contributed by atoms with Crippen LogP contribution < -0.4 is 5.69 Å². The van der Waals surface area contributed by atoms with Crippen LogP contribution in [-0.2, 0) is 19.6 Å². The number of nitrogens with zero attached hydrogens (tertiary/aromatic N) is 4. The quantitative estimate of drug-likeness (QED) is 0.724. The van der Waals surface area contributed by atoms with Gasteiger partial charge in [-0.2, -0.15) is 4.68 Å². The van der Waals surface area contributed by atoms with E-state index in [0.29, 0.717) is 12.3 Å². The predicted molar refractivity (Wildman–Crippen MR) is 86.7 cm³/mol. The van der Waals surface area contributed by atoms with E-state index in [0.717, 1.165) is 13.0 Å². The zero-order valence-corrected chi connectivity index (χ0v) is 12.9. The molecule has 0 saturated heterocycles. The van der Waals surface area contributed by atoms with E-state index in [4.69, 9.17) is 0 Å². The van der Waals surface area contributed by atoms with Crippen molar-refractivity contribution in [3.05, 3.63) is 70.3 Å². The van der Waals surface area contributed by atoms with E-state index in [-0.39, 0.29) is 5.69 Å². The highest BCUT2D eigenvalue weighted by Crippen LogP contribution is 2.07. The summed E-state index contributed by atoms with van der Waals surface area (Å²) in [7, 11) is 1.99. The first-order valence-corrected chi connectivity index (χ1v) is 7.48. The topological polar surface area (TPSA) is 42.5 Å². The van der Waals surface area contributed by atoms with Gasteiger partial charge in [0.25, 0.3) is 0 Å². The molecule has 0 atom stereocenters. The Bertz CT molecular complexity index is 817. The largest absolute Gasteiger partial charge is 0.351 e. The predicted octanol–water partition coefficient (Wildman–Crippen LogP) is 2.15. The molecule has 0 fully saturated rings. The van der Waals surface area contributed by atoms with Crippen molar-refractivity contribution in [2.24, 2.45) is 0 Å². The number of benzene rings is 1. The van der Waals surface area contributed by atoms with Crippen molar-refractivity contribution in [3.8, 4) is 0 Å². The van der Waals surface area contributed by atoms with Crippen LogP contribution in [0.5, 0.6) is 0 Å². The fourth-order valence-corrected chi connectivity index (χ4v) is 2.53. The van der Waals surface area contributed by atoms with Crippen molar-refractivity contribution < 1.29 is 0 Å². The van der Waals surface area contributed by atoms with Crippen LogP contribution in [0, 0.1) is 0 Å². The summed E-state index contributed by atoms with van der Waals surface area (Å²) in [6.45, 7) is 3.40. The monoisotopic (exact) mass is 296 g/mol. The third-order valence-corrected chi connectivity index (χ3v) is 3.75. The maximum atomic E-state index is 12.2. The van der Waals surface area contributed by atoms with Gasteiger partial charge in [-0.3, -0.25) is 9.30 Å². The van der Waals surface area contributed by atoms with Crippen LogP contribution in [-0.4, -0.2) is 26.1 Å². The molecule has 0 aliphatic heterocycles. The van der Waals surface area contributed by atoms with Gasteiger partial charge in [0, 0.05) is 12.7 Å². The molecule has 5 nitrogen and oxygen atoms in total. The van der Waals surface area contributed by atoms with E-state index < -0.39 is 0 Å². The van der Waals surface area contributed by atoms with Crippen LogP contribution >= 0.6 is 0 Å². The smallest absolute Gasteiger partial charge is 0.283 e. The highest BCUT2D eigenvalue weighted by atomic mass is 16.2. The molecule has 0 N–H and O–H groups in total. The van der Waals surface area contributed by atoms with Gasteiger partial charge in [-0.05, 0) is 36.7 Å². The molecule has 3 rings (SSSR count). The number of rotatable bonds is 5. The van der Waals surface area contributed by atoms with Crippen LogP contribution in [0.15, 0.2) is 53.5 Å². The van der Waals surface area contributed by atoms with Crippen LogP contribution in [0.3, 0.4) is 0 Å². The van der Waals surface area contributed by atoms with E-state index in [1.807, 2.05) is 25.2 Å². The number of hydrogen-bond donors (Lipinski definition) is 0. The van der Waals surface area contributed by atoms with Crippen molar-refractivity contribution in [2.45, 2.75) is 26.6 Å². The van der Waals surface area contributed by atoms with Crippen molar-refractivity contribution in [1.29, 1.82) is 0 Å². The molecule has 0 aliphatic carbocycles. The summed E-state index contributed by atoms with van der Waals surface area (Å²) in [5.41, 5.74) is 3.14. The minimum Gasteiger partial charge on any atom is -0.283 e. The molecule has 0 radical (unpaired) electrons.